The number of anilines is 1. The summed E-state index contributed by atoms with van der Waals surface area (Å²) in [6.07, 6.45) is 1.58. The molecule has 174 valence electrons. The standard InChI is InChI=1S/C24H19F2N3O3S2/c1-2-12-29-22(31)16-13-19(15-8-4-3-5-9-15)34-21(16)28-24(29)33-14-20(30)27-17-10-6-7-11-18(17)32-23(25)26/h2-11,13,23H,1,12,14H2,(H,27,30). The molecule has 2 aromatic carbocycles. The lowest BCUT2D eigenvalue weighted by Crippen LogP contribution is -2.23. The van der Waals surface area contributed by atoms with Gasteiger partial charge in [0.15, 0.2) is 5.16 Å². The van der Waals surface area contributed by atoms with Crippen molar-refractivity contribution in [3.8, 4) is 16.2 Å². The summed E-state index contributed by atoms with van der Waals surface area (Å²) in [6.45, 7) is 0.925. The first kappa shape index (κ1) is 23.7. The number of nitrogens with one attached hydrogen (secondary N) is 1. The summed E-state index contributed by atoms with van der Waals surface area (Å²) in [5.74, 6) is -0.674. The summed E-state index contributed by atoms with van der Waals surface area (Å²) in [5.41, 5.74) is 0.895. The van der Waals surface area contributed by atoms with Gasteiger partial charge >= 0.3 is 6.61 Å². The van der Waals surface area contributed by atoms with Gasteiger partial charge in [-0.05, 0) is 23.8 Å². The first-order valence-corrected chi connectivity index (χ1v) is 11.9. The first-order valence-electron chi connectivity index (χ1n) is 10.1. The van der Waals surface area contributed by atoms with Crippen LogP contribution in [0.5, 0.6) is 5.75 Å². The van der Waals surface area contributed by atoms with E-state index in [1.54, 1.807) is 12.1 Å². The highest BCUT2D eigenvalue weighted by atomic mass is 32.2. The van der Waals surface area contributed by atoms with Crippen LogP contribution in [0.3, 0.4) is 0 Å². The van der Waals surface area contributed by atoms with Crippen LogP contribution in [-0.2, 0) is 11.3 Å². The average molecular weight is 500 g/mol. The molecule has 34 heavy (non-hydrogen) atoms. The predicted octanol–water partition coefficient (Wildman–Crippen LogP) is 5.64. The number of aromatic nitrogens is 2. The molecular weight excluding hydrogens is 480 g/mol. The molecule has 0 fully saturated rings. The van der Waals surface area contributed by atoms with E-state index in [0.29, 0.717) is 15.4 Å². The van der Waals surface area contributed by atoms with Gasteiger partial charge in [-0.15, -0.1) is 17.9 Å². The zero-order valence-corrected chi connectivity index (χ0v) is 19.4. The molecule has 0 aliphatic carbocycles. The van der Waals surface area contributed by atoms with Crippen molar-refractivity contribution in [2.75, 3.05) is 11.1 Å². The Labute approximate surface area is 201 Å². The molecule has 0 unspecified atom stereocenters. The van der Waals surface area contributed by atoms with Crippen molar-refractivity contribution in [1.29, 1.82) is 0 Å². The number of benzene rings is 2. The Morgan fingerprint density at radius 3 is 2.68 bits per heavy atom. The minimum atomic E-state index is -3.01. The number of rotatable bonds is 9. The number of hydrogen-bond acceptors (Lipinski definition) is 6. The summed E-state index contributed by atoms with van der Waals surface area (Å²) in [4.78, 5) is 31.8. The van der Waals surface area contributed by atoms with E-state index in [1.165, 1.54) is 34.1 Å². The van der Waals surface area contributed by atoms with Gasteiger partial charge in [0, 0.05) is 11.4 Å². The zero-order chi connectivity index (χ0) is 24.1. The summed E-state index contributed by atoms with van der Waals surface area (Å²) in [7, 11) is 0. The summed E-state index contributed by atoms with van der Waals surface area (Å²) >= 11 is 2.48. The molecule has 0 saturated heterocycles. The molecule has 0 spiro atoms. The predicted molar refractivity (Wildman–Crippen MR) is 132 cm³/mol. The number of thiophene rings is 1. The Morgan fingerprint density at radius 2 is 1.94 bits per heavy atom. The Kier molecular flexibility index (Phi) is 7.39. The van der Waals surface area contributed by atoms with Gasteiger partial charge in [0.05, 0.1) is 16.8 Å². The lowest BCUT2D eigenvalue weighted by molar-refractivity contribution is -0.113. The number of hydrogen-bond donors (Lipinski definition) is 1. The maximum Gasteiger partial charge on any atom is 0.387 e. The average Bonchev–Trinajstić information content (AvgIpc) is 3.26. The van der Waals surface area contributed by atoms with E-state index >= 15 is 0 Å². The van der Waals surface area contributed by atoms with Gasteiger partial charge in [-0.25, -0.2) is 4.98 Å². The molecule has 1 amide bonds. The van der Waals surface area contributed by atoms with Crippen molar-refractivity contribution < 1.29 is 18.3 Å². The number of amides is 1. The fraction of sp³-hybridized carbons (Fsp3) is 0.125. The molecule has 1 N–H and O–H groups in total. The van der Waals surface area contributed by atoms with E-state index in [4.69, 9.17) is 0 Å². The van der Waals surface area contributed by atoms with Crippen LogP contribution in [0.4, 0.5) is 14.5 Å². The van der Waals surface area contributed by atoms with Crippen LogP contribution in [-0.4, -0.2) is 27.8 Å². The third kappa shape index (κ3) is 5.35. The van der Waals surface area contributed by atoms with Crippen molar-refractivity contribution in [3.63, 3.8) is 0 Å². The van der Waals surface area contributed by atoms with Crippen molar-refractivity contribution in [2.45, 2.75) is 18.3 Å². The van der Waals surface area contributed by atoms with Gasteiger partial charge in [0.2, 0.25) is 5.91 Å². The number of carbonyl (C=O) groups is 1. The molecule has 2 aromatic heterocycles. The van der Waals surface area contributed by atoms with Crippen LogP contribution < -0.4 is 15.6 Å². The normalized spacial score (nSPS) is 11.0. The first-order chi connectivity index (χ1) is 16.5. The topological polar surface area (TPSA) is 73.2 Å². The van der Waals surface area contributed by atoms with Gasteiger partial charge in [0.1, 0.15) is 10.6 Å². The van der Waals surface area contributed by atoms with Gasteiger partial charge in [-0.1, -0.05) is 60.3 Å². The zero-order valence-electron chi connectivity index (χ0n) is 17.7. The number of ether oxygens (including phenoxy) is 1. The number of nitrogens with zero attached hydrogens (tertiary/aromatic N) is 2. The van der Waals surface area contributed by atoms with Crippen molar-refractivity contribution in [1.82, 2.24) is 9.55 Å². The van der Waals surface area contributed by atoms with Gasteiger partial charge in [-0.3, -0.25) is 14.2 Å². The second-order valence-corrected chi connectivity index (χ2v) is 8.98. The number of fused-ring (bicyclic) bond motifs is 1. The SMILES string of the molecule is C=CCn1c(SCC(=O)Nc2ccccc2OC(F)F)nc2sc(-c3ccccc3)cc2c1=O. The summed E-state index contributed by atoms with van der Waals surface area (Å²) < 4.78 is 31.1. The second kappa shape index (κ2) is 10.6. The molecule has 4 rings (SSSR count). The van der Waals surface area contributed by atoms with Crippen LogP contribution in [0.15, 0.2) is 83.3 Å². The Balaban J connectivity index is 1.58. The van der Waals surface area contributed by atoms with E-state index in [9.17, 15) is 18.4 Å². The summed E-state index contributed by atoms with van der Waals surface area (Å²) in [6, 6.07) is 17.4. The number of halogens is 2. The molecular formula is C24H19F2N3O3S2. The lowest BCUT2D eigenvalue weighted by Gasteiger charge is -2.12. The van der Waals surface area contributed by atoms with E-state index < -0.39 is 12.5 Å². The molecule has 0 saturated carbocycles. The van der Waals surface area contributed by atoms with E-state index in [2.05, 4.69) is 21.6 Å². The minimum absolute atomic E-state index is 0.0883. The second-order valence-electron chi connectivity index (χ2n) is 7.01. The molecule has 4 aromatic rings. The van der Waals surface area contributed by atoms with Crippen LogP contribution in [0.2, 0.25) is 0 Å². The van der Waals surface area contributed by atoms with Crippen LogP contribution in [0.1, 0.15) is 0 Å². The molecule has 2 heterocycles. The minimum Gasteiger partial charge on any atom is -0.433 e. The molecule has 0 aliphatic rings. The van der Waals surface area contributed by atoms with E-state index in [0.717, 1.165) is 22.2 Å². The molecule has 0 aliphatic heterocycles. The Morgan fingerprint density at radius 1 is 1.21 bits per heavy atom. The van der Waals surface area contributed by atoms with E-state index in [1.807, 2.05) is 36.4 Å². The molecule has 0 bridgehead atoms. The monoisotopic (exact) mass is 499 g/mol. The van der Waals surface area contributed by atoms with Gasteiger partial charge < -0.3 is 10.1 Å². The third-order valence-corrected chi connectivity index (χ3v) is 6.75. The fourth-order valence-electron chi connectivity index (χ4n) is 3.23. The smallest absolute Gasteiger partial charge is 0.387 e. The van der Waals surface area contributed by atoms with Crippen LogP contribution in [0, 0.1) is 0 Å². The highest BCUT2D eigenvalue weighted by Crippen LogP contribution is 2.32. The molecule has 0 radical (unpaired) electrons. The highest BCUT2D eigenvalue weighted by Gasteiger charge is 2.17. The maximum atomic E-state index is 13.1. The van der Waals surface area contributed by atoms with Crippen molar-refractivity contribution >= 4 is 44.9 Å². The molecule has 0 atom stereocenters. The van der Waals surface area contributed by atoms with Crippen molar-refractivity contribution in [3.05, 3.63) is 83.7 Å². The van der Waals surface area contributed by atoms with Gasteiger partial charge in [-0.2, -0.15) is 8.78 Å². The van der Waals surface area contributed by atoms with Crippen molar-refractivity contribution in [2.24, 2.45) is 0 Å². The molecule has 6 nitrogen and oxygen atoms in total. The number of carbonyl (C=O) groups excluding carboxylic acids is 1. The maximum absolute atomic E-state index is 13.1. The number of thioether (sulfide) groups is 1. The summed E-state index contributed by atoms with van der Waals surface area (Å²) in [5, 5.41) is 3.43. The largest absolute Gasteiger partial charge is 0.433 e. The Hall–Kier alpha value is -3.50. The highest BCUT2D eigenvalue weighted by molar-refractivity contribution is 7.99. The number of allylic oxidation sites excluding steroid dienone is 1. The molecule has 10 heteroatoms. The number of para-hydroxylation sites is 2. The quantitative estimate of drug-likeness (QED) is 0.183. The van der Waals surface area contributed by atoms with Crippen LogP contribution in [0.25, 0.3) is 20.7 Å². The van der Waals surface area contributed by atoms with E-state index in [-0.39, 0.29) is 29.3 Å². The van der Waals surface area contributed by atoms with Crippen LogP contribution >= 0.6 is 23.1 Å². The third-order valence-electron chi connectivity index (χ3n) is 4.70. The fourth-order valence-corrected chi connectivity index (χ4v) is 5.11. The van der Waals surface area contributed by atoms with Gasteiger partial charge in [0.25, 0.3) is 5.56 Å². The number of alkyl halides is 2. The Bertz CT molecular complexity index is 1390. The lowest BCUT2D eigenvalue weighted by atomic mass is 10.2.